The van der Waals surface area contributed by atoms with Gasteiger partial charge in [-0.15, -0.1) is 0 Å². The second-order valence-electron chi connectivity index (χ2n) is 5.94. The van der Waals surface area contributed by atoms with E-state index in [-0.39, 0.29) is 11.1 Å². The van der Waals surface area contributed by atoms with E-state index in [0.717, 1.165) is 25.1 Å². The van der Waals surface area contributed by atoms with Gasteiger partial charge >= 0.3 is 0 Å². The molecule has 1 unspecified atom stereocenters. The number of fused-ring (bicyclic) bond motifs is 1. The van der Waals surface area contributed by atoms with Gasteiger partial charge in [0.05, 0.1) is 0 Å². The molecule has 5 heteroatoms. The van der Waals surface area contributed by atoms with Crippen LogP contribution >= 0.6 is 11.8 Å². The molecule has 1 aromatic rings. The van der Waals surface area contributed by atoms with E-state index in [1.165, 1.54) is 29.3 Å². The average Bonchev–Trinajstić information content (AvgIpc) is 2.96. The van der Waals surface area contributed by atoms with E-state index < -0.39 is 0 Å². The molecule has 0 spiro atoms. The predicted molar refractivity (Wildman–Crippen MR) is 89.2 cm³/mol. The average molecular weight is 318 g/mol. The number of hydrogen-bond acceptors (Lipinski definition) is 3. The van der Waals surface area contributed by atoms with Crippen LogP contribution in [-0.4, -0.2) is 41.4 Å². The number of nitrogens with zero attached hydrogens (tertiary/aromatic N) is 1. The minimum Gasteiger partial charge on any atom is -0.355 e. The maximum absolute atomic E-state index is 12.0. The van der Waals surface area contributed by atoms with Crippen molar-refractivity contribution in [2.24, 2.45) is 0 Å². The maximum atomic E-state index is 12.0. The Hall–Kier alpha value is -1.49. The van der Waals surface area contributed by atoms with E-state index in [1.54, 1.807) is 4.90 Å². The van der Waals surface area contributed by atoms with Crippen molar-refractivity contribution >= 4 is 22.9 Å². The predicted octanol–water partition coefficient (Wildman–Crippen LogP) is 2.78. The number of carbonyl (C=O) groups is 2. The molecule has 0 radical (unpaired) electrons. The first kappa shape index (κ1) is 15.4. The molecule has 22 heavy (non-hydrogen) atoms. The summed E-state index contributed by atoms with van der Waals surface area (Å²) in [5.74, 6) is 1.32. The van der Waals surface area contributed by atoms with Crippen LogP contribution in [0.5, 0.6) is 0 Å². The summed E-state index contributed by atoms with van der Waals surface area (Å²) in [5, 5.41) is 3.15. The lowest BCUT2D eigenvalue weighted by Gasteiger charge is -2.25. The van der Waals surface area contributed by atoms with Gasteiger partial charge in [-0.1, -0.05) is 36.0 Å². The van der Waals surface area contributed by atoms with Crippen molar-refractivity contribution in [2.45, 2.75) is 31.6 Å². The smallest absolute Gasteiger partial charge is 0.281 e. The summed E-state index contributed by atoms with van der Waals surface area (Å²) in [6, 6.07) is 8.55. The first-order valence-corrected chi connectivity index (χ1v) is 8.99. The first-order chi connectivity index (χ1) is 10.7. The van der Waals surface area contributed by atoms with Gasteiger partial charge in [-0.05, 0) is 30.4 Å². The molecule has 1 atom stereocenters. The highest BCUT2D eigenvalue weighted by molar-refractivity contribution is 8.13. The van der Waals surface area contributed by atoms with Crippen LogP contribution in [0.25, 0.3) is 0 Å². The summed E-state index contributed by atoms with van der Waals surface area (Å²) in [5.41, 5.74) is 2.81. The molecule has 1 N–H and O–H groups in total. The van der Waals surface area contributed by atoms with E-state index in [2.05, 4.69) is 29.6 Å². The van der Waals surface area contributed by atoms with Crippen LogP contribution in [0.15, 0.2) is 24.3 Å². The molecule has 0 bridgehead atoms. The highest BCUT2D eigenvalue weighted by atomic mass is 32.2. The Balaban J connectivity index is 1.46. The van der Waals surface area contributed by atoms with Gasteiger partial charge in [0.15, 0.2) is 0 Å². The normalized spacial score (nSPS) is 20.8. The zero-order valence-corrected chi connectivity index (χ0v) is 13.5. The third kappa shape index (κ3) is 3.64. The van der Waals surface area contributed by atoms with Crippen molar-refractivity contribution in [3.8, 4) is 0 Å². The lowest BCUT2D eigenvalue weighted by atomic mass is 9.83. The molecule has 3 rings (SSSR count). The van der Waals surface area contributed by atoms with Gasteiger partial charge in [0.1, 0.15) is 0 Å². The Morgan fingerprint density at radius 1 is 1.36 bits per heavy atom. The largest absolute Gasteiger partial charge is 0.355 e. The fraction of sp³-hybridized carbons (Fsp3) is 0.529. The Kier molecular flexibility index (Phi) is 5.03. The van der Waals surface area contributed by atoms with Crippen LogP contribution in [0.4, 0.5) is 4.79 Å². The van der Waals surface area contributed by atoms with Crippen LogP contribution < -0.4 is 5.32 Å². The van der Waals surface area contributed by atoms with Gasteiger partial charge in [-0.25, -0.2) is 0 Å². The molecule has 4 nitrogen and oxygen atoms in total. The molecule has 1 aliphatic carbocycles. The molecule has 0 aromatic heterocycles. The molecular weight excluding hydrogens is 296 g/mol. The van der Waals surface area contributed by atoms with Crippen molar-refractivity contribution in [1.29, 1.82) is 0 Å². The minimum atomic E-state index is 0.0488. The number of thioether (sulfide) groups is 1. The lowest BCUT2D eigenvalue weighted by Crippen LogP contribution is -2.33. The minimum absolute atomic E-state index is 0.0488. The number of hydrogen-bond donors (Lipinski definition) is 1. The summed E-state index contributed by atoms with van der Waals surface area (Å²) in [4.78, 5) is 25.3. The fourth-order valence-electron chi connectivity index (χ4n) is 3.26. The summed E-state index contributed by atoms with van der Waals surface area (Å²) in [6.45, 7) is 2.02. The van der Waals surface area contributed by atoms with Gasteiger partial charge in [0.25, 0.3) is 5.24 Å². The number of rotatable bonds is 5. The summed E-state index contributed by atoms with van der Waals surface area (Å²) in [6.07, 6.45) is 3.88. The molecule has 2 aliphatic rings. The summed E-state index contributed by atoms with van der Waals surface area (Å²) >= 11 is 1.34. The van der Waals surface area contributed by atoms with Gasteiger partial charge in [0.2, 0.25) is 5.91 Å². The van der Waals surface area contributed by atoms with E-state index in [0.29, 0.717) is 25.4 Å². The number of nitrogens with one attached hydrogen (secondary N) is 1. The second kappa shape index (κ2) is 7.18. The zero-order chi connectivity index (χ0) is 15.4. The molecule has 1 heterocycles. The van der Waals surface area contributed by atoms with Crippen LogP contribution in [-0.2, 0) is 11.2 Å². The molecular formula is C17H22N2O2S. The Morgan fingerprint density at radius 2 is 2.23 bits per heavy atom. The Labute approximate surface area is 135 Å². The Morgan fingerprint density at radius 3 is 3.05 bits per heavy atom. The molecule has 1 aliphatic heterocycles. The van der Waals surface area contributed by atoms with Gasteiger partial charge in [0, 0.05) is 37.7 Å². The number of carbonyl (C=O) groups excluding carboxylic acids is 2. The fourth-order valence-corrected chi connectivity index (χ4v) is 4.11. The highest BCUT2D eigenvalue weighted by Gasteiger charge is 2.22. The highest BCUT2D eigenvalue weighted by Crippen LogP contribution is 2.30. The van der Waals surface area contributed by atoms with Gasteiger partial charge < -0.3 is 10.2 Å². The summed E-state index contributed by atoms with van der Waals surface area (Å²) in [7, 11) is 0. The van der Waals surface area contributed by atoms with Crippen molar-refractivity contribution in [2.75, 3.05) is 25.4 Å². The second-order valence-corrected chi connectivity index (χ2v) is 6.99. The molecule has 2 amide bonds. The van der Waals surface area contributed by atoms with Crippen LogP contribution in [0.3, 0.4) is 0 Å². The van der Waals surface area contributed by atoms with Crippen LogP contribution in [0.1, 0.15) is 36.3 Å². The number of amides is 2. The number of aryl methyl sites for hydroxylation is 1. The quantitative estimate of drug-likeness (QED) is 0.908. The van der Waals surface area contributed by atoms with Crippen LogP contribution in [0.2, 0.25) is 0 Å². The molecule has 1 fully saturated rings. The van der Waals surface area contributed by atoms with Crippen molar-refractivity contribution in [1.82, 2.24) is 10.2 Å². The van der Waals surface area contributed by atoms with E-state index >= 15 is 0 Å². The standard InChI is InChI=1S/C17H22N2O2S/c20-16(8-9-19-10-11-22-17(19)21)18-12-14-6-3-5-13-4-1-2-7-15(13)14/h1-2,4,7,14H,3,5-6,8-12H2,(H,18,20). The third-order valence-corrected chi connectivity index (χ3v) is 5.38. The van der Waals surface area contributed by atoms with Crippen LogP contribution in [0, 0.1) is 0 Å². The van der Waals surface area contributed by atoms with E-state index in [9.17, 15) is 9.59 Å². The molecule has 118 valence electrons. The van der Waals surface area contributed by atoms with Gasteiger partial charge in [-0.3, -0.25) is 9.59 Å². The molecule has 0 saturated carbocycles. The number of benzene rings is 1. The SMILES string of the molecule is O=C(CCN1CCSC1=O)NCC1CCCc2ccccc21. The first-order valence-electron chi connectivity index (χ1n) is 8.00. The topological polar surface area (TPSA) is 49.4 Å². The molecule has 1 saturated heterocycles. The van der Waals surface area contributed by atoms with E-state index in [4.69, 9.17) is 0 Å². The molecule has 1 aromatic carbocycles. The van der Waals surface area contributed by atoms with Crippen molar-refractivity contribution in [3.05, 3.63) is 35.4 Å². The third-order valence-electron chi connectivity index (χ3n) is 4.49. The monoisotopic (exact) mass is 318 g/mol. The van der Waals surface area contributed by atoms with Crippen molar-refractivity contribution < 1.29 is 9.59 Å². The maximum Gasteiger partial charge on any atom is 0.281 e. The summed E-state index contributed by atoms with van der Waals surface area (Å²) < 4.78 is 0. The van der Waals surface area contributed by atoms with Crippen molar-refractivity contribution in [3.63, 3.8) is 0 Å². The zero-order valence-electron chi connectivity index (χ0n) is 12.7. The van der Waals surface area contributed by atoms with Gasteiger partial charge in [-0.2, -0.15) is 0 Å². The van der Waals surface area contributed by atoms with E-state index in [1.807, 2.05) is 0 Å². The lowest BCUT2D eigenvalue weighted by molar-refractivity contribution is -0.121. The Bertz CT molecular complexity index is 561.